The fourth-order valence-corrected chi connectivity index (χ4v) is 3.05. The molecule has 0 bridgehead atoms. The lowest BCUT2D eigenvalue weighted by molar-refractivity contribution is 0.354. The minimum atomic E-state index is 0. The van der Waals surface area contributed by atoms with Gasteiger partial charge in [0.25, 0.3) is 0 Å². The van der Waals surface area contributed by atoms with Gasteiger partial charge in [0.2, 0.25) is 0 Å². The predicted molar refractivity (Wildman–Crippen MR) is 115 cm³/mol. The van der Waals surface area contributed by atoms with Gasteiger partial charge in [0.05, 0.1) is 14.2 Å². The van der Waals surface area contributed by atoms with Crippen LogP contribution in [0.15, 0.2) is 23.2 Å². The third kappa shape index (κ3) is 6.24. The van der Waals surface area contributed by atoms with Crippen LogP contribution in [0.1, 0.15) is 32.8 Å². The van der Waals surface area contributed by atoms with E-state index in [9.17, 15) is 0 Å². The first kappa shape index (κ1) is 21.9. The van der Waals surface area contributed by atoms with Crippen LogP contribution >= 0.6 is 24.0 Å². The second kappa shape index (κ2) is 10.1. The molecule has 5 nitrogen and oxygen atoms in total. The summed E-state index contributed by atoms with van der Waals surface area (Å²) in [5.74, 6) is 2.56. The molecule has 0 aromatic heterocycles. The Morgan fingerprint density at radius 3 is 2.52 bits per heavy atom. The highest BCUT2D eigenvalue weighted by molar-refractivity contribution is 14.0. The molecule has 1 aromatic rings. The Bertz CT molecular complexity index is 576. The maximum atomic E-state index is 5.37. The fourth-order valence-electron chi connectivity index (χ4n) is 3.05. The number of hydrogen-bond acceptors (Lipinski definition) is 3. The number of rotatable bonds is 6. The Morgan fingerprint density at radius 2 is 1.96 bits per heavy atom. The van der Waals surface area contributed by atoms with Gasteiger partial charge in [-0.25, -0.2) is 0 Å². The quantitative estimate of drug-likeness (QED) is 0.400. The van der Waals surface area contributed by atoms with Crippen LogP contribution in [-0.4, -0.2) is 51.3 Å². The van der Waals surface area contributed by atoms with Gasteiger partial charge in [0.1, 0.15) is 0 Å². The van der Waals surface area contributed by atoms with Crippen LogP contribution in [0.25, 0.3) is 0 Å². The summed E-state index contributed by atoms with van der Waals surface area (Å²) in [5, 5.41) is 3.42. The Kier molecular flexibility index (Phi) is 8.82. The predicted octanol–water partition coefficient (Wildman–Crippen LogP) is 3.56. The van der Waals surface area contributed by atoms with Crippen LogP contribution < -0.4 is 14.8 Å². The van der Waals surface area contributed by atoms with E-state index in [0.29, 0.717) is 5.41 Å². The van der Waals surface area contributed by atoms with Crippen molar-refractivity contribution in [3.8, 4) is 11.5 Å². The number of halogens is 1. The van der Waals surface area contributed by atoms with E-state index in [-0.39, 0.29) is 24.0 Å². The second-order valence-corrected chi connectivity index (χ2v) is 7.01. The minimum absolute atomic E-state index is 0. The van der Waals surface area contributed by atoms with Gasteiger partial charge >= 0.3 is 0 Å². The van der Waals surface area contributed by atoms with Crippen LogP contribution in [-0.2, 0) is 6.42 Å². The molecule has 0 unspecified atom stereocenters. The van der Waals surface area contributed by atoms with E-state index in [4.69, 9.17) is 14.5 Å². The fraction of sp³-hybridized carbons (Fsp3) is 0.632. The van der Waals surface area contributed by atoms with Gasteiger partial charge in [-0.3, -0.25) is 4.99 Å². The molecule has 1 saturated heterocycles. The highest BCUT2D eigenvalue weighted by Crippen LogP contribution is 2.29. The number of ether oxygens (including phenoxy) is 2. The maximum Gasteiger partial charge on any atom is 0.193 e. The monoisotopic (exact) mass is 461 g/mol. The molecular formula is C19H32IN3O2. The zero-order chi connectivity index (χ0) is 17.6. The van der Waals surface area contributed by atoms with Gasteiger partial charge in [-0.15, -0.1) is 24.0 Å². The highest BCUT2D eigenvalue weighted by Gasteiger charge is 2.30. The van der Waals surface area contributed by atoms with E-state index in [1.165, 1.54) is 12.0 Å². The molecule has 1 heterocycles. The smallest absolute Gasteiger partial charge is 0.193 e. The molecule has 1 aromatic carbocycles. The first-order chi connectivity index (χ1) is 11.5. The summed E-state index contributed by atoms with van der Waals surface area (Å²) in [6, 6.07) is 6.05. The number of aliphatic imine (C=N–C) groups is 1. The van der Waals surface area contributed by atoms with Crippen molar-refractivity contribution in [2.24, 2.45) is 10.4 Å². The molecule has 0 atom stereocenters. The number of nitrogens with zero attached hydrogens (tertiary/aromatic N) is 2. The molecule has 2 rings (SSSR count). The molecule has 25 heavy (non-hydrogen) atoms. The van der Waals surface area contributed by atoms with Crippen LogP contribution in [0.5, 0.6) is 11.5 Å². The first-order valence-electron chi connectivity index (χ1n) is 8.73. The van der Waals surface area contributed by atoms with E-state index in [0.717, 1.165) is 50.1 Å². The largest absolute Gasteiger partial charge is 0.493 e. The lowest BCUT2D eigenvalue weighted by Crippen LogP contribution is -2.40. The zero-order valence-corrected chi connectivity index (χ0v) is 18.4. The summed E-state index contributed by atoms with van der Waals surface area (Å²) in [6.07, 6.45) is 2.10. The average molecular weight is 461 g/mol. The molecule has 142 valence electrons. The summed E-state index contributed by atoms with van der Waals surface area (Å²) in [5.41, 5.74) is 1.58. The van der Waals surface area contributed by atoms with Gasteiger partial charge < -0.3 is 19.7 Å². The van der Waals surface area contributed by atoms with Crippen molar-refractivity contribution in [2.45, 2.75) is 33.6 Å². The maximum absolute atomic E-state index is 5.37. The lowest BCUT2D eigenvalue weighted by Gasteiger charge is -2.23. The van der Waals surface area contributed by atoms with Crippen molar-refractivity contribution in [1.29, 1.82) is 0 Å². The first-order valence-corrected chi connectivity index (χ1v) is 8.73. The van der Waals surface area contributed by atoms with Gasteiger partial charge in [-0.2, -0.15) is 0 Å². The number of benzene rings is 1. The molecule has 1 aliphatic heterocycles. The SMILES string of the molecule is CCNC(=NCCc1ccc(OC)c(OC)c1)N1CCC(C)(C)C1.I. The van der Waals surface area contributed by atoms with Gasteiger partial charge in [0, 0.05) is 26.2 Å². The van der Waals surface area contributed by atoms with Gasteiger partial charge in [-0.05, 0) is 42.9 Å². The molecule has 1 N–H and O–H groups in total. The summed E-state index contributed by atoms with van der Waals surface area (Å²) in [6.45, 7) is 10.6. The third-order valence-corrected chi connectivity index (χ3v) is 4.42. The number of guanidine groups is 1. The van der Waals surface area contributed by atoms with Gasteiger partial charge in [0.15, 0.2) is 17.5 Å². The van der Waals surface area contributed by atoms with E-state index in [1.54, 1.807) is 14.2 Å². The molecular weight excluding hydrogens is 429 g/mol. The van der Waals surface area contributed by atoms with E-state index in [2.05, 4.69) is 37.1 Å². The molecule has 0 amide bonds. The molecule has 0 saturated carbocycles. The molecule has 0 spiro atoms. The molecule has 6 heteroatoms. The third-order valence-electron chi connectivity index (χ3n) is 4.42. The molecule has 0 aliphatic carbocycles. The minimum Gasteiger partial charge on any atom is -0.493 e. The topological polar surface area (TPSA) is 46.1 Å². The Hall–Kier alpha value is -1.18. The van der Waals surface area contributed by atoms with Crippen molar-refractivity contribution in [1.82, 2.24) is 10.2 Å². The summed E-state index contributed by atoms with van der Waals surface area (Å²) >= 11 is 0. The average Bonchev–Trinajstić information content (AvgIpc) is 2.93. The van der Waals surface area contributed by atoms with Crippen molar-refractivity contribution < 1.29 is 9.47 Å². The standard InChI is InChI=1S/C19H31N3O2.HI/c1-6-20-18(22-12-10-19(2,3)14-22)21-11-9-15-7-8-16(23-4)17(13-15)24-5;/h7-8,13H,6,9-12,14H2,1-5H3,(H,20,21);1H. The summed E-state index contributed by atoms with van der Waals surface area (Å²) in [7, 11) is 3.32. The van der Waals surface area contributed by atoms with Crippen LogP contribution in [0, 0.1) is 5.41 Å². The number of nitrogens with one attached hydrogen (secondary N) is 1. The summed E-state index contributed by atoms with van der Waals surface area (Å²) < 4.78 is 10.6. The molecule has 0 radical (unpaired) electrons. The zero-order valence-electron chi connectivity index (χ0n) is 16.1. The summed E-state index contributed by atoms with van der Waals surface area (Å²) in [4.78, 5) is 7.19. The Balaban J connectivity index is 0.00000312. The van der Waals surface area contributed by atoms with E-state index >= 15 is 0 Å². The second-order valence-electron chi connectivity index (χ2n) is 7.01. The number of likely N-dealkylation sites (tertiary alicyclic amines) is 1. The molecule has 1 aliphatic rings. The van der Waals surface area contributed by atoms with Crippen LogP contribution in [0.3, 0.4) is 0 Å². The van der Waals surface area contributed by atoms with Crippen LogP contribution in [0.2, 0.25) is 0 Å². The van der Waals surface area contributed by atoms with E-state index in [1.807, 2.05) is 12.1 Å². The highest BCUT2D eigenvalue weighted by atomic mass is 127. The van der Waals surface area contributed by atoms with E-state index < -0.39 is 0 Å². The number of hydrogen-bond donors (Lipinski definition) is 1. The Morgan fingerprint density at radius 1 is 1.24 bits per heavy atom. The van der Waals surface area contributed by atoms with Crippen molar-refractivity contribution in [3.63, 3.8) is 0 Å². The normalized spacial score (nSPS) is 16.4. The van der Waals surface area contributed by atoms with Gasteiger partial charge in [-0.1, -0.05) is 19.9 Å². The van der Waals surface area contributed by atoms with Crippen LogP contribution in [0.4, 0.5) is 0 Å². The molecule has 1 fully saturated rings. The van der Waals surface area contributed by atoms with Crippen molar-refractivity contribution in [3.05, 3.63) is 23.8 Å². The van der Waals surface area contributed by atoms with Crippen molar-refractivity contribution >= 4 is 29.9 Å². The lowest BCUT2D eigenvalue weighted by atomic mass is 9.93. The number of methoxy groups -OCH3 is 2. The van der Waals surface area contributed by atoms with Crippen molar-refractivity contribution in [2.75, 3.05) is 40.4 Å². The Labute approximate surface area is 169 Å².